The number of benzene rings is 2. The van der Waals surface area contributed by atoms with Crippen LogP contribution in [0.3, 0.4) is 0 Å². The first-order valence-corrected chi connectivity index (χ1v) is 6.56. The molecule has 0 amide bonds. The molecule has 0 bridgehead atoms. The lowest BCUT2D eigenvalue weighted by Crippen LogP contribution is -2.06. The second-order valence-electron chi connectivity index (χ2n) is 4.87. The number of hydrogen-bond acceptors (Lipinski definition) is 2. The molecule has 1 aromatic heterocycles. The van der Waals surface area contributed by atoms with E-state index in [0.29, 0.717) is 13.0 Å². The molecule has 0 spiro atoms. The van der Waals surface area contributed by atoms with Gasteiger partial charge in [-0.1, -0.05) is 18.2 Å². The molecule has 0 fully saturated rings. The molecule has 0 saturated carbocycles. The van der Waals surface area contributed by atoms with Crippen LogP contribution in [-0.4, -0.2) is 9.55 Å². The van der Waals surface area contributed by atoms with Crippen LogP contribution in [-0.2, 0) is 20.0 Å². The van der Waals surface area contributed by atoms with Gasteiger partial charge in [-0.25, -0.2) is 9.37 Å². The molecule has 3 aromatic rings. The molecule has 3 rings (SSSR count). The largest absolute Gasteiger partial charge is 0.331 e. The summed E-state index contributed by atoms with van der Waals surface area (Å²) in [5.41, 5.74) is 9.61. The number of hydrogen-bond donors (Lipinski definition) is 1. The summed E-state index contributed by atoms with van der Waals surface area (Å²) in [4.78, 5) is 4.63. The lowest BCUT2D eigenvalue weighted by Gasteiger charge is -2.08. The number of rotatable bonds is 3. The molecular weight excluding hydrogens is 253 g/mol. The van der Waals surface area contributed by atoms with Crippen molar-refractivity contribution in [3.05, 3.63) is 65.2 Å². The van der Waals surface area contributed by atoms with Crippen LogP contribution in [0.25, 0.3) is 11.0 Å². The highest BCUT2D eigenvalue weighted by Gasteiger charge is 2.10. The van der Waals surface area contributed by atoms with Crippen LogP contribution in [0.2, 0.25) is 0 Å². The average Bonchev–Trinajstić information content (AvgIpc) is 2.78. The van der Waals surface area contributed by atoms with Crippen LogP contribution in [0.15, 0.2) is 42.5 Å². The summed E-state index contributed by atoms with van der Waals surface area (Å²) in [5, 5.41) is 0. The molecule has 2 aromatic carbocycles. The summed E-state index contributed by atoms with van der Waals surface area (Å²) in [6.07, 6.45) is 0.651. The van der Waals surface area contributed by atoms with Gasteiger partial charge in [0.2, 0.25) is 0 Å². The van der Waals surface area contributed by atoms with Crippen LogP contribution in [0.5, 0.6) is 0 Å². The summed E-state index contributed by atoms with van der Waals surface area (Å²) in [6, 6.07) is 12.8. The highest BCUT2D eigenvalue weighted by Crippen LogP contribution is 2.19. The lowest BCUT2D eigenvalue weighted by molar-refractivity contribution is 0.624. The van der Waals surface area contributed by atoms with Crippen molar-refractivity contribution < 1.29 is 4.39 Å². The van der Waals surface area contributed by atoms with E-state index in [-0.39, 0.29) is 5.82 Å². The highest BCUT2D eigenvalue weighted by molar-refractivity contribution is 5.75. The van der Waals surface area contributed by atoms with E-state index in [1.807, 2.05) is 31.3 Å². The SMILES string of the molecule is Cn1c(Cc2ccc(F)cc2CN)nc2ccccc21. The van der Waals surface area contributed by atoms with Gasteiger partial charge < -0.3 is 10.3 Å². The molecule has 0 aliphatic rings. The number of aryl methyl sites for hydroxylation is 1. The van der Waals surface area contributed by atoms with Crippen LogP contribution >= 0.6 is 0 Å². The molecule has 0 radical (unpaired) electrons. The third kappa shape index (κ3) is 2.18. The maximum absolute atomic E-state index is 13.2. The van der Waals surface area contributed by atoms with E-state index in [0.717, 1.165) is 28.0 Å². The fourth-order valence-corrected chi connectivity index (χ4v) is 2.48. The van der Waals surface area contributed by atoms with Crippen molar-refractivity contribution in [1.82, 2.24) is 9.55 Å². The molecule has 3 nitrogen and oxygen atoms in total. The van der Waals surface area contributed by atoms with Gasteiger partial charge in [0.25, 0.3) is 0 Å². The van der Waals surface area contributed by atoms with Crippen molar-refractivity contribution in [2.75, 3.05) is 0 Å². The number of aromatic nitrogens is 2. The Kier molecular flexibility index (Phi) is 3.24. The Morgan fingerprint density at radius 2 is 1.95 bits per heavy atom. The minimum atomic E-state index is -0.251. The lowest BCUT2D eigenvalue weighted by atomic mass is 10.0. The smallest absolute Gasteiger partial charge is 0.123 e. The van der Waals surface area contributed by atoms with Crippen LogP contribution < -0.4 is 5.73 Å². The van der Waals surface area contributed by atoms with Gasteiger partial charge in [0.15, 0.2) is 0 Å². The predicted molar refractivity (Wildman–Crippen MR) is 77.8 cm³/mol. The van der Waals surface area contributed by atoms with Crippen molar-refractivity contribution >= 4 is 11.0 Å². The Morgan fingerprint density at radius 1 is 1.15 bits per heavy atom. The molecule has 102 valence electrons. The minimum absolute atomic E-state index is 0.251. The second-order valence-corrected chi connectivity index (χ2v) is 4.87. The first kappa shape index (κ1) is 12.8. The molecule has 0 saturated heterocycles. The molecule has 0 unspecified atom stereocenters. The molecule has 1 heterocycles. The zero-order valence-corrected chi connectivity index (χ0v) is 11.3. The van der Waals surface area contributed by atoms with Gasteiger partial charge in [-0.2, -0.15) is 0 Å². The summed E-state index contributed by atoms with van der Waals surface area (Å²) in [7, 11) is 2.00. The molecule has 0 atom stereocenters. The number of halogens is 1. The standard InChI is InChI=1S/C16H16FN3/c1-20-15-5-3-2-4-14(15)19-16(20)9-11-6-7-13(17)8-12(11)10-18/h2-8H,9-10,18H2,1H3. The maximum Gasteiger partial charge on any atom is 0.123 e. The maximum atomic E-state index is 13.2. The number of nitrogens with two attached hydrogens (primary N) is 1. The summed E-state index contributed by atoms with van der Waals surface area (Å²) in [5.74, 6) is 0.701. The summed E-state index contributed by atoms with van der Waals surface area (Å²) in [6.45, 7) is 0.330. The van der Waals surface area contributed by atoms with Crippen molar-refractivity contribution in [1.29, 1.82) is 0 Å². The zero-order chi connectivity index (χ0) is 14.1. The highest BCUT2D eigenvalue weighted by atomic mass is 19.1. The Hall–Kier alpha value is -2.20. The van der Waals surface area contributed by atoms with E-state index in [4.69, 9.17) is 5.73 Å². The Bertz CT molecular complexity index is 762. The monoisotopic (exact) mass is 269 g/mol. The Balaban J connectivity index is 2.03. The topological polar surface area (TPSA) is 43.8 Å². The third-order valence-electron chi connectivity index (χ3n) is 3.62. The molecule has 2 N–H and O–H groups in total. The van der Waals surface area contributed by atoms with Crippen molar-refractivity contribution in [2.24, 2.45) is 12.8 Å². The van der Waals surface area contributed by atoms with Gasteiger partial charge in [0, 0.05) is 20.0 Å². The fourth-order valence-electron chi connectivity index (χ4n) is 2.48. The zero-order valence-electron chi connectivity index (χ0n) is 11.3. The molecular formula is C16H16FN3. The van der Waals surface area contributed by atoms with E-state index in [9.17, 15) is 4.39 Å². The average molecular weight is 269 g/mol. The number of fused-ring (bicyclic) bond motifs is 1. The predicted octanol–water partition coefficient (Wildman–Crippen LogP) is 2.76. The van der Waals surface area contributed by atoms with Gasteiger partial charge in [0.1, 0.15) is 11.6 Å². The Labute approximate surface area is 116 Å². The first-order chi connectivity index (χ1) is 9.69. The van der Waals surface area contributed by atoms with Gasteiger partial charge in [-0.3, -0.25) is 0 Å². The molecule has 0 aliphatic heterocycles. The van der Waals surface area contributed by atoms with E-state index < -0.39 is 0 Å². The quantitative estimate of drug-likeness (QED) is 0.794. The number of imidazole rings is 1. The number of para-hydroxylation sites is 2. The molecule has 4 heteroatoms. The number of nitrogens with zero attached hydrogens (tertiary/aromatic N) is 2. The molecule has 20 heavy (non-hydrogen) atoms. The second kappa shape index (κ2) is 5.06. The van der Waals surface area contributed by atoms with Gasteiger partial charge >= 0.3 is 0 Å². The van der Waals surface area contributed by atoms with Crippen LogP contribution in [0.4, 0.5) is 4.39 Å². The third-order valence-corrected chi connectivity index (χ3v) is 3.62. The summed E-state index contributed by atoms with van der Waals surface area (Å²) >= 11 is 0. The Morgan fingerprint density at radius 3 is 2.70 bits per heavy atom. The van der Waals surface area contributed by atoms with E-state index in [1.54, 1.807) is 6.07 Å². The molecule has 0 aliphatic carbocycles. The minimum Gasteiger partial charge on any atom is -0.331 e. The van der Waals surface area contributed by atoms with Crippen molar-refractivity contribution in [3.8, 4) is 0 Å². The normalized spacial score (nSPS) is 11.2. The van der Waals surface area contributed by atoms with Crippen LogP contribution in [0.1, 0.15) is 17.0 Å². The van der Waals surface area contributed by atoms with Gasteiger partial charge in [0.05, 0.1) is 11.0 Å². The van der Waals surface area contributed by atoms with Gasteiger partial charge in [-0.15, -0.1) is 0 Å². The van der Waals surface area contributed by atoms with Crippen molar-refractivity contribution in [3.63, 3.8) is 0 Å². The van der Waals surface area contributed by atoms with E-state index in [1.165, 1.54) is 12.1 Å². The van der Waals surface area contributed by atoms with E-state index >= 15 is 0 Å². The first-order valence-electron chi connectivity index (χ1n) is 6.56. The summed E-state index contributed by atoms with van der Waals surface area (Å²) < 4.78 is 15.3. The van der Waals surface area contributed by atoms with Crippen LogP contribution in [0, 0.1) is 5.82 Å². The van der Waals surface area contributed by atoms with E-state index in [2.05, 4.69) is 9.55 Å². The van der Waals surface area contributed by atoms with Gasteiger partial charge in [-0.05, 0) is 35.4 Å². The fraction of sp³-hybridized carbons (Fsp3) is 0.188. The van der Waals surface area contributed by atoms with Crippen molar-refractivity contribution in [2.45, 2.75) is 13.0 Å².